The van der Waals surface area contributed by atoms with Gasteiger partial charge in [0, 0.05) is 40.3 Å². The number of hydrogen-bond acceptors (Lipinski definition) is 4. The lowest BCUT2D eigenvalue weighted by Crippen LogP contribution is -2.40. The van der Waals surface area contributed by atoms with Crippen LogP contribution in [0, 0.1) is 0 Å². The number of carbonyl (C=O) groups excluding carboxylic acids is 2. The zero-order chi connectivity index (χ0) is 14.7. The first-order chi connectivity index (χ1) is 8.75. The average molecular weight is 267 g/mol. The maximum atomic E-state index is 11.8. The SMILES string of the molecule is CC(=O)c1cn(CCC(=O)N(C)C)c(=O)n(C)c1=O. The lowest BCUT2D eigenvalue weighted by atomic mass is 10.2. The molecule has 19 heavy (non-hydrogen) atoms. The van der Waals surface area contributed by atoms with Crippen LogP contribution in [-0.4, -0.2) is 39.8 Å². The van der Waals surface area contributed by atoms with Crippen LogP contribution >= 0.6 is 0 Å². The Bertz CT molecular complexity index is 625. The Morgan fingerprint density at radius 3 is 2.32 bits per heavy atom. The van der Waals surface area contributed by atoms with Crippen molar-refractivity contribution in [1.29, 1.82) is 0 Å². The molecule has 0 aliphatic heterocycles. The van der Waals surface area contributed by atoms with Crippen molar-refractivity contribution >= 4 is 11.7 Å². The quantitative estimate of drug-likeness (QED) is 0.671. The second-order valence-electron chi connectivity index (χ2n) is 4.48. The second kappa shape index (κ2) is 5.64. The Morgan fingerprint density at radius 1 is 1.26 bits per heavy atom. The molecule has 0 saturated carbocycles. The first kappa shape index (κ1) is 14.9. The normalized spacial score (nSPS) is 10.3. The predicted octanol–water partition coefficient (Wildman–Crippen LogP) is -0.772. The second-order valence-corrected chi connectivity index (χ2v) is 4.48. The minimum atomic E-state index is -0.618. The summed E-state index contributed by atoms with van der Waals surface area (Å²) in [5, 5.41) is 0. The lowest BCUT2D eigenvalue weighted by molar-refractivity contribution is -0.128. The Labute approximate surface area is 110 Å². The molecular weight excluding hydrogens is 250 g/mol. The van der Waals surface area contributed by atoms with Crippen LogP contribution in [-0.2, 0) is 18.4 Å². The molecule has 0 spiro atoms. The molecule has 0 aliphatic carbocycles. The van der Waals surface area contributed by atoms with Crippen molar-refractivity contribution in [1.82, 2.24) is 14.0 Å². The molecule has 7 heteroatoms. The summed E-state index contributed by atoms with van der Waals surface area (Å²) in [6.07, 6.45) is 1.35. The summed E-state index contributed by atoms with van der Waals surface area (Å²) in [7, 11) is 4.54. The van der Waals surface area contributed by atoms with Crippen LogP contribution in [0.1, 0.15) is 23.7 Å². The Morgan fingerprint density at radius 2 is 1.84 bits per heavy atom. The molecule has 1 aromatic rings. The summed E-state index contributed by atoms with van der Waals surface area (Å²) >= 11 is 0. The summed E-state index contributed by atoms with van der Waals surface area (Å²) in [6, 6.07) is 0. The first-order valence-electron chi connectivity index (χ1n) is 5.77. The number of aryl methyl sites for hydroxylation is 1. The fourth-order valence-corrected chi connectivity index (χ4v) is 1.57. The highest BCUT2D eigenvalue weighted by atomic mass is 16.2. The smallest absolute Gasteiger partial charge is 0.330 e. The molecule has 0 saturated heterocycles. The van der Waals surface area contributed by atoms with Crippen LogP contribution in [0.2, 0.25) is 0 Å². The van der Waals surface area contributed by atoms with Gasteiger partial charge in [0.2, 0.25) is 5.91 Å². The van der Waals surface area contributed by atoms with E-state index in [4.69, 9.17) is 0 Å². The largest absolute Gasteiger partial charge is 0.349 e. The van der Waals surface area contributed by atoms with Gasteiger partial charge in [-0.2, -0.15) is 0 Å². The summed E-state index contributed by atoms with van der Waals surface area (Å²) in [4.78, 5) is 47.7. The molecule has 0 bridgehead atoms. The maximum Gasteiger partial charge on any atom is 0.330 e. The standard InChI is InChI=1S/C12H17N3O4/c1-8(16)9-7-15(6-5-10(17)13(2)3)12(19)14(4)11(9)18/h7H,5-6H2,1-4H3. The number of aromatic nitrogens is 2. The number of carbonyl (C=O) groups is 2. The molecule has 1 rings (SSSR count). The Hall–Kier alpha value is -2.18. The van der Waals surface area contributed by atoms with E-state index in [1.807, 2.05) is 0 Å². The molecule has 0 atom stereocenters. The molecular formula is C12H17N3O4. The van der Waals surface area contributed by atoms with Crippen LogP contribution in [0.5, 0.6) is 0 Å². The van der Waals surface area contributed by atoms with Gasteiger partial charge < -0.3 is 4.90 Å². The van der Waals surface area contributed by atoms with Crippen LogP contribution in [0.25, 0.3) is 0 Å². The van der Waals surface area contributed by atoms with Gasteiger partial charge in [-0.25, -0.2) is 4.79 Å². The zero-order valence-corrected chi connectivity index (χ0v) is 11.5. The number of hydrogen-bond donors (Lipinski definition) is 0. The van der Waals surface area contributed by atoms with Gasteiger partial charge in [-0.15, -0.1) is 0 Å². The van der Waals surface area contributed by atoms with E-state index in [1.54, 1.807) is 14.1 Å². The van der Waals surface area contributed by atoms with Gasteiger partial charge in [-0.1, -0.05) is 0 Å². The van der Waals surface area contributed by atoms with Crippen molar-refractivity contribution in [2.45, 2.75) is 19.9 Å². The highest BCUT2D eigenvalue weighted by Gasteiger charge is 2.13. The fourth-order valence-electron chi connectivity index (χ4n) is 1.57. The van der Waals surface area contributed by atoms with Crippen LogP contribution in [0.15, 0.2) is 15.8 Å². The summed E-state index contributed by atoms with van der Waals surface area (Å²) in [5.74, 6) is -0.543. The van der Waals surface area contributed by atoms with Crippen molar-refractivity contribution < 1.29 is 9.59 Å². The Kier molecular flexibility index (Phi) is 4.42. The van der Waals surface area contributed by atoms with Crippen molar-refractivity contribution in [3.63, 3.8) is 0 Å². The minimum Gasteiger partial charge on any atom is -0.349 e. The minimum absolute atomic E-state index is 0.0561. The van der Waals surface area contributed by atoms with Crippen LogP contribution < -0.4 is 11.2 Å². The Balaban J connectivity index is 3.16. The topological polar surface area (TPSA) is 81.4 Å². The molecule has 1 aromatic heterocycles. The molecule has 1 amide bonds. The van der Waals surface area contributed by atoms with E-state index < -0.39 is 17.0 Å². The predicted molar refractivity (Wildman–Crippen MR) is 69.3 cm³/mol. The number of Topliss-reactive ketones (excluding diaryl/α,β-unsaturated/α-hetero) is 1. The van der Waals surface area contributed by atoms with E-state index >= 15 is 0 Å². The van der Waals surface area contributed by atoms with Gasteiger partial charge in [0.25, 0.3) is 5.56 Å². The third-order valence-electron chi connectivity index (χ3n) is 2.80. The van der Waals surface area contributed by atoms with Crippen molar-refractivity contribution in [3.8, 4) is 0 Å². The number of rotatable bonds is 4. The molecule has 0 radical (unpaired) electrons. The van der Waals surface area contributed by atoms with E-state index in [9.17, 15) is 19.2 Å². The maximum absolute atomic E-state index is 11.8. The highest BCUT2D eigenvalue weighted by Crippen LogP contribution is 1.95. The first-order valence-corrected chi connectivity index (χ1v) is 5.77. The van der Waals surface area contributed by atoms with Crippen LogP contribution in [0.4, 0.5) is 0 Å². The van der Waals surface area contributed by atoms with E-state index in [-0.39, 0.29) is 24.4 Å². The van der Waals surface area contributed by atoms with Gasteiger partial charge in [-0.3, -0.25) is 23.5 Å². The van der Waals surface area contributed by atoms with Crippen molar-refractivity contribution in [2.24, 2.45) is 7.05 Å². The highest BCUT2D eigenvalue weighted by molar-refractivity contribution is 5.93. The third kappa shape index (κ3) is 3.18. The average Bonchev–Trinajstić information content (AvgIpc) is 2.34. The molecule has 7 nitrogen and oxygen atoms in total. The molecule has 0 aliphatic rings. The van der Waals surface area contributed by atoms with Crippen LogP contribution in [0.3, 0.4) is 0 Å². The van der Waals surface area contributed by atoms with E-state index in [0.717, 1.165) is 4.57 Å². The molecule has 0 aromatic carbocycles. The molecule has 0 unspecified atom stereocenters. The van der Waals surface area contributed by atoms with Crippen molar-refractivity contribution in [2.75, 3.05) is 14.1 Å². The van der Waals surface area contributed by atoms with E-state index in [0.29, 0.717) is 0 Å². The van der Waals surface area contributed by atoms with E-state index in [1.165, 1.54) is 29.6 Å². The molecule has 0 N–H and O–H groups in total. The summed E-state index contributed by atoms with van der Waals surface area (Å²) in [6.45, 7) is 1.39. The zero-order valence-electron chi connectivity index (χ0n) is 11.5. The van der Waals surface area contributed by atoms with Gasteiger partial charge in [-0.05, 0) is 6.92 Å². The monoisotopic (exact) mass is 267 g/mol. The molecule has 1 heterocycles. The third-order valence-corrected chi connectivity index (χ3v) is 2.80. The number of ketones is 1. The van der Waals surface area contributed by atoms with Gasteiger partial charge >= 0.3 is 5.69 Å². The fraction of sp³-hybridized carbons (Fsp3) is 0.500. The molecule has 0 fully saturated rings. The summed E-state index contributed by atoms with van der Waals surface area (Å²) in [5.41, 5.74) is -1.21. The van der Waals surface area contributed by atoms with Gasteiger partial charge in [0.15, 0.2) is 5.78 Å². The van der Waals surface area contributed by atoms with Crippen molar-refractivity contribution in [3.05, 3.63) is 32.6 Å². The number of amides is 1. The summed E-state index contributed by atoms with van der Waals surface area (Å²) < 4.78 is 2.08. The molecule has 104 valence electrons. The van der Waals surface area contributed by atoms with Gasteiger partial charge in [0.05, 0.1) is 5.56 Å². The lowest BCUT2D eigenvalue weighted by Gasteiger charge is -2.12. The number of nitrogens with zero attached hydrogens (tertiary/aromatic N) is 3. The van der Waals surface area contributed by atoms with Gasteiger partial charge in [0.1, 0.15) is 0 Å². The van der Waals surface area contributed by atoms with E-state index in [2.05, 4.69) is 0 Å².